The molecule has 2 N–H and O–H groups in total. The van der Waals surface area contributed by atoms with Crippen LogP contribution < -0.4 is 0 Å². The van der Waals surface area contributed by atoms with Crippen LogP contribution in [0.5, 0.6) is 0 Å². The highest BCUT2D eigenvalue weighted by Gasteiger charge is 2.05. The van der Waals surface area contributed by atoms with Gasteiger partial charge in [0.1, 0.15) is 6.10 Å². The molecule has 1 aromatic rings. The van der Waals surface area contributed by atoms with Crippen molar-refractivity contribution in [3.05, 3.63) is 35.4 Å². The highest BCUT2D eigenvalue weighted by molar-refractivity contribution is 5.24. The molecule has 0 fully saturated rings. The fraction of sp³-hybridized carbons (Fsp3) is 0.400. The molecule has 1 aromatic carbocycles. The second-order valence-corrected chi connectivity index (χ2v) is 2.88. The van der Waals surface area contributed by atoms with E-state index in [4.69, 9.17) is 9.84 Å². The summed E-state index contributed by atoms with van der Waals surface area (Å²) < 4.78 is 4.95. The Balaban J connectivity index is 2.78. The Morgan fingerprint density at radius 2 is 2.23 bits per heavy atom. The number of hydrogen-bond acceptors (Lipinski definition) is 3. The molecule has 0 heterocycles. The number of aliphatic hydroxyl groups is 2. The van der Waals surface area contributed by atoms with E-state index >= 15 is 0 Å². The molecule has 13 heavy (non-hydrogen) atoms. The lowest BCUT2D eigenvalue weighted by molar-refractivity contribution is 0.0953. The molecule has 0 aliphatic heterocycles. The molecule has 3 nitrogen and oxygen atoms in total. The van der Waals surface area contributed by atoms with Crippen molar-refractivity contribution in [2.24, 2.45) is 0 Å². The maximum atomic E-state index is 9.33. The van der Waals surface area contributed by atoms with Crippen LogP contribution in [0.15, 0.2) is 24.3 Å². The first-order valence-corrected chi connectivity index (χ1v) is 4.14. The molecule has 0 spiro atoms. The summed E-state index contributed by atoms with van der Waals surface area (Å²) in [4.78, 5) is 0. The molecule has 0 bridgehead atoms. The van der Waals surface area contributed by atoms with Gasteiger partial charge in [-0.15, -0.1) is 0 Å². The molecule has 0 aliphatic rings. The van der Waals surface area contributed by atoms with Crippen LogP contribution in [0.2, 0.25) is 0 Å². The van der Waals surface area contributed by atoms with Gasteiger partial charge in [-0.1, -0.05) is 24.3 Å². The third kappa shape index (κ3) is 2.81. The van der Waals surface area contributed by atoms with Crippen LogP contribution in [0.4, 0.5) is 0 Å². The van der Waals surface area contributed by atoms with Crippen molar-refractivity contribution in [3.63, 3.8) is 0 Å². The van der Waals surface area contributed by atoms with Crippen molar-refractivity contribution < 1.29 is 14.9 Å². The largest absolute Gasteiger partial charge is 0.393 e. The number of aliphatic hydroxyl groups excluding tert-OH is 2. The van der Waals surface area contributed by atoms with E-state index in [1.165, 1.54) is 0 Å². The van der Waals surface area contributed by atoms with E-state index in [1.807, 2.05) is 18.2 Å². The zero-order valence-electron chi connectivity index (χ0n) is 7.60. The molecule has 1 atom stereocenters. The van der Waals surface area contributed by atoms with E-state index in [-0.39, 0.29) is 6.61 Å². The molecule has 0 saturated heterocycles. The molecule has 1 unspecified atom stereocenters. The van der Waals surface area contributed by atoms with E-state index in [9.17, 15) is 5.11 Å². The molecule has 0 radical (unpaired) electrons. The second-order valence-electron chi connectivity index (χ2n) is 2.88. The van der Waals surface area contributed by atoms with Gasteiger partial charge in [-0.05, 0) is 11.1 Å². The summed E-state index contributed by atoms with van der Waals surface area (Å²) in [5.74, 6) is 0. The third-order valence-corrected chi connectivity index (χ3v) is 1.82. The van der Waals surface area contributed by atoms with Gasteiger partial charge in [0.05, 0.1) is 13.2 Å². The minimum absolute atomic E-state index is 0.254. The minimum atomic E-state index is -0.795. The van der Waals surface area contributed by atoms with Crippen molar-refractivity contribution in [2.75, 3.05) is 13.7 Å². The number of ether oxygens (including phenoxy) is 1. The zero-order chi connectivity index (χ0) is 9.68. The molecule has 0 aliphatic carbocycles. The topological polar surface area (TPSA) is 49.7 Å². The molecular weight excluding hydrogens is 168 g/mol. The maximum absolute atomic E-state index is 9.33. The fourth-order valence-electron chi connectivity index (χ4n) is 1.16. The van der Waals surface area contributed by atoms with Gasteiger partial charge in [-0.2, -0.15) is 0 Å². The van der Waals surface area contributed by atoms with Crippen molar-refractivity contribution >= 4 is 0 Å². The highest BCUT2D eigenvalue weighted by Crippen LogP contribution is 2.14. The lowest BCUT2D eigenvalue weighted by Gasteiger charge is -2.08. The lowest BCUT2D eigenvalue weighted by atomic mass is 10.1. The van der Waals surface area contributed by atoms with Crippen LogP contribution in [0.25, 0.3) is 0 Å². The van der Waals surface area contributed by atoms with Crippen molar-refractivity contribution in [2.45, 2.75) is 12.7 Å². The van der Waals surface area contributed by atoms with Gasteiger partial charge in [-0.25, -0.2) is 0 Å². The first-order chi connectivity index (χ1) is 6.27. The zero-order valence-corrected chi connectivity index (χ0v) is 7.60. The van der Waals surface area contributed by atoms with Crippen LogP contribution in [0.1, 0.15) is 17.2 Å². The Bertz CT molecular complexity index is 260. The van der Waals surface area contributed by atoms with E-state index in [0.29, 0.717) is 6.61 Å². The van der Waals surface area contributed by atoms with Gasteiger partial charge in [-0.3, -0.25) is 0 Å². The van der Waals surface area contributed by atoms with E-state index in [2.05, 4.69) is 0 Å². The molecule has 1 rings (SSSR count). The average Bonchev–Trinajstić information content (AvgIpc) is 2.18. The summed E-state index contributed by atoms with van der Waals surface area (Å²) >= 11 is 0. The monoisotopic (exact) mass is 182 g/mol. The molecule has 3 heteroatoms. The van der Waals surface area contributed by atoms with Crippen LogP contribution in [-0.4, -0.2) is 23.9 Å². The van der Waals surface area contributed by atoms with E-state index in [1.54, 1.807) is 13.2 Å². The predicted octanol–water partition coefficient (Wildman–Crippen LogP) is 0.859. The Morgan fingerprint density at radius 3 is 2.85 bits per heavy atom. The first-order valence-electron chi connectivity index (χ1n) is 4.14. The van der Waals surface area contributed by atoms with Gasteiger partial charge in [0.2, 0.25) is 0 Å². The summed E-state index contributed by atoms with van der Waals surface area (Å²) in [7, 11) is 1.62. The number of rotatable bonds is 4. The molecule has 0 saturated carbocycles. The number of hydrogen-bond donors (Lipinski definition) is 2. The van der Waals surface area contributed by atoms with E-state index < -0.39 is 6.10 Å². The first kappa shape index (κ1) is 10.2. The molecule has 0 aromatic heterocycles. The molecular formula is C10H14O3. The van der Waals surface area contributed by atoms with Gasteiger partial charge in [0.15, 0.2) is 0 Å². The summed E-state index contributed by atoms with van der Waals surface area (Å²) in [6.45, 7) is 0.266. The average molecular weight is 182 g/mol. The Hall–Kier alpha value is -0.900. The Kier molecular flexibility index (Phi) is 3.89. The van der Waals surface area contributed by atoms with Crippen LogP contribution in [0, 0.1) is 0 Å². The number of methoxy groups -OCH3 is 1. The molecule has 72 valence electrons. The van der Waals surface area contributed by atoms with Gasteiger partial charge in [0, 0.05) is 7.11 Å². The van der Waals surface area contributed by atoms with E-state index in [0.717, 1.165) is 11.1 Å². The third-order valence-electron chi connectivity index (χ3n) is 1.82. The van der Waals surface area contributed by atoms with Crippen molar-refractivity contribution in [1.29, 1.82) is 0 Å². The minimum Gasteiger partial charge on any atom is -0.393 e. The normalized spacial score (nSPS) is 12.8. The fourth-order valence-corrected chi connectivity index (χ4v) is 1.16. The van der Waals surface area contributed by atoms with Crippen LogP contribution in [0.3, 0.4) is 0 Å². The van der Waals surface area contributed by atoms with Crippen LogP contribution >= 0.6 is 0 Å². The van der Waals surface area contributed by atoms with Crippen molar-refractivity contribution in [1.82, 2.24) is 0 Å². The number of benzene rings is 1. The lowest BCUT2D eigenvalue weighted by Crippen LogP contribution is -2.02. The summed E-state index contributed by atoms with van der Waals surface area (Å²) in [6, 6.07) is 7.35. The standard InChI is InChI=1S/C10H14O3/c1-13-7-8-3-2-4-9(5-8)10(12)6-11/h2-5,10-12H,6-7H2,1H3. The van der Waals surface area contributed by atoms with Gasteiger partial charge < -0.3 is 14.9 Å². The SMILES string of the molecule is COCc1cccc(C(O)CO)c1. The quantitative estimate of drug-likeness (QED) is 0.726. The summed E-state index contributed by atoms with van der Waals surface area (Å²) in [5.41, 5.74) is 1.71. The Morgan fingerprint density at radius 1 is 1.46 bits per heavy atom. The Labute approximate surface area is 77.6 Å². The summed E-state index contributed by atoms with van der Waals surface area (Å²) in [6.07, 6.45) is -0.795. The second kappa shape index (κ2) is 4.97. The molecule has 0 amide bonds. The van der Waals surface area contributed by atoms with Crippen molar-refractivity contribution in [3.8, 4) is 0 Å². The van der Waals surface area contributed by atoms with Gasteiger partial charge >= 0.3 is 0 Å². The highest BCUT2D eigenvalue weighted by atomic mass is 16.5. The predicted molar refractivity (Wildman–Crippen MR) is 49.2 cm³/mol. The van der Waals surface area contributed by atoms with Crippen LogP contribution in [-0.2, 0) is 11.3 Å². The summed E-state index contributed by atoms with van der Waals surface area (Å²) in [5, 5.41) is 18.1. The van der Waals surface area contributed by atoms with Gasteiger partial charge in [0.25, 0.3) is 0 Å². The smallest absolute Gasteiger partial charge is 0.102 e. The maximum Gasteiger partial charge on any atom is 0.102 e.